The molecule has 3 aromatic rings. The van der Waals surface area contributed by atoms with Crippen molar-refractivity contribution in [3.05, 3.63) is 77.8 Å². The molecular weight excluding hydrogens is 449 g/mol. The number of carbonyl (C=O) groups is 1. The van der Waals surface area contributed by atoms with E-state index >= 15 is 0 Å². The van der Waals surface area contributed by atoms with Crippen LogP contribution in [0, 0.1) is 22.9 Å². The van der Waals surface area contributed by atoms with Crippen LogP contribution in [-0.2, 0) is 4.79 Å². The second-order valence-electron chi connectivity index (χ2n) is 8.41. The van der Waals surface area contributed by atoms with Gasteiger partial charge in [-0.2, -0.15) is 4.73 Å². The minimum atomic E-state index is -2.90. The van der Waals surface area contributed by atoms with Crippen molar-refractivity contribution in [2.75, 3.05) is 5.32 Å². The third-order valence-corrected chi connectivity index (χ3v) is 6.16. The zero-order chi connectivity index (χ0) is 24.3. The summed E-state index contributed by atoms with van der Waals surface area (Å²) in [6.07, 6.45) is 4.86. The first-order valence-corrected chi connectivity index (χ1v) is 10.8. The summed E-state index contributed by atoms with van der Waals surface area (Å²) in [5.74, 6) is -4.70. The molecule has 0 aromatic carbocycles. The molecule has 178 valence electrons. The molecule has 3 atom stereocenters. The smallest absolute Gasteiger partial charge is 0.254 e. The predicted octanol–water partition coefficient (Wildman–Crippen LogP) is 4.84. The number of ether oxygens (including phenoxy) is 1. The first-order chi connectivity index (χ1) is 16.2. The quantitative estimate of drug-likeness (QED) is 0.410. The number of rotatable bonds is 6. The lowest BCUT2D eigenvalue weighted by molar-refractivity contribution is -0.605. The van der Waals surface area contributed by atoms with Gasteiger partial charge in [0.1, 0.15) is 17.4 Å². The zero-order valence-electron chi connectivity index (χ0n) is 18.3. The van der Waals surface area contributed by atoms with Crippen molar-refractivity contribution in [1.82, 2.24) is 9.97 Å². The van der Waals surface area contributed by atoms with Crippen LogP contribution >= 0.6 is 0 Å². The molecule has 1 aliphatic carbocycles. The number of hydrogen-bond acceptors (Lipinski definition) is 5. The summed E-state index contributed by atoms with van der Waals surface area (Å²) >= 11 is 0. The molecule has 0 spiro atoms. The number of nitrogens with zero attached hydrogens (tertiary/aromatic N) is 3. The van der Waals surface area contributed by atoms with Crippen LogP contribution in [0.15, 0.2) is 61.2 Å². The van der Waals surface area contributed by atoms with Gasteiger partial charge in [0.25, 0.3) is 5.92 Å². The Bertz CT molecular complexity index is 1130. The van der Waals surface area contributed by atoms with Crippen LogP contribution in [0.25, 0.3) is 0 Å². The fourth-order valence-electron chi connectivity index (χ4n) is 4.15. The van der Waals surface area contributed by atoms with Gasteiger partial charge in [-0.3, -0.25) is 4.79 Å². The first kappa shape index (κ1) is 23.5. The van der Waals surface area contributed by atoms with Crippen molar-refractivity contribution < 1.29 is 27.4 Å². The Morgan fingerprint density at radius 3 is 2.59 bits per heavy atom. The maximum Gasteiger partial charge on any atom is 0.254 e. The van der Waals surface area contributed by atoms with E-state index in [1.165, 1.54) is 42.9 Å². The molecule has 10 heteroatoms. The molecule has 1 N–H and O–H groups in total. The van der Waals surface area contributed by atoms with Crippen molar-refractivity contribution in [1.29, 1.82) is 0 Å². The molecular formula is C24H23F3N4O3. The molecule has 4 rings (SSSR count). The van der Waals surface area contributed by atoms with Gasteiger partial charge >= 0.3 is 0 Å². The maximum absolute atomic E-state index is 14.6. The van der Waals surface area contributed by atoms with Crippen LogP contribution in [0.2, 0.25) is 0 Å². The number of amides is 1. The molecule has 1 aliphatic rings. The summed E-state index contributed by atoms with van der Waals surface area (Å²) in [5, 5.41) is 14.0. The highest BCUT2D eigenvalue weighted by molar-refractivity contribution is 5.91. The molecule has 34 heavy (non-hydrogen) atoms. The molecule has 1 fully saturated rings. The summed E-state index contributed by atoms with van der Waals surface area (Å²) in [6, 6.07) is 8.54. The number of carbonyl (C=O) groups excluding carboxylic acids is 1. The topological polar surface area (TPSA) is 91.0 Å². The minimum absolute atomic E-state index is 0.134. The lowest BCUT2D eigenvalue weighted by atomic mass is 9.71. The van der Waals surface area contributed by atoms with E-state index in [1.54, 1.807) is 19.1 Å². The molecule has 3 heterocycles. The van der Waals surface area contributed by atoms with Crippen molar-refractivity contribution in [3.8, 4) is 11.6 Å². The number of halogens is 3. The predicted molar refractivity (Wildman–Crippen MR) is 117 cm³/mol. The molecule has 1 amide bonds. The summed E-state index contributed by atoms with van der Waals surface area (Å²) in [4.78, 5) is 20.7. The van der Waals surface area contributed by atoms with Crippen molar-refractivity contribution in [3.63, 3.8) is 0 Å². The Balaban J connectivity index is 1.38. The van der Waals surface area contributed by atoms with Gasteiger partial charge in [0.05, 0.1) is 12.4 Å². The van der Waals surface area contributed by atoms with Crippen LogP contribution in [-0.4, -0.2) is 21.8 Å². The van der Waals surface area contributed by atoms with Gasteiger partial charge in [0, 0.05) is 36.5 Å². The van der Waals surface area contributed by atoms with Crippen molar-refractivity contribution >= 4 is 11.7 Å². The summed E-state index contributed by atoms with van der Waals surface area (Å²) in [6.45, 7) is 1.72. The van der Waals surface area contributed by atoms with E-state index in [4.69, 9.17) is 4.74 Å². The lowest BCUT2D eigenvalue weighted by Gasteiger charge is -2.38. The van der Waals surface area contributed by atoms with Crippen LogP contribution in [0.1, 0.15) is 37.7 Å². The lowest BCUT2D eigenvalue weighted by Crippen LogP contribution is -2.38. The average molecular weight is 472 g/mol. The van der Waals surface area contributed by atoms with Gasteiger partial charge in [0.15, 0.2) is 12.4 Å². The van der Waals surface area contributed by atoms with E-state index in [-0.39, 0.29) is 42.8 Å². The van der Waals surface area contributed by atoms with Gasteiger partial charge < -0.3 is 15.3 Å². The van der Waals surface area contributed by atoms with E-state index < -0.39 is 23.6 Å². The van der Waals surface area contributed by atoms with Crippen LogP contribution in [0.5, 0.6) is 11.6 Å². The minimum Gasteiger partial charge on any atom is -0.619 e. The second-order valence-corrected chi connectivity index (χ2v) is 8.41. The highest BCUT2D eigenvalue weighted by Gasteiger charge is 2.47. The number of alkyl halides is 2. The number of aromatic nitrogens is 3. The normalized spacial score (nSPS) is 20.4. The van der Waals surface area contributed by atoms with E-state index in [1.807, 2.05) is 0 Å². The van der Waals surface area contributed by atoms with Gasteiger partial charge in [-0.25, -0.2) is 23.1 Å². The average Bonchev–Trinajstić information content (AvgIpc) is 2.82. The molecule has 0 bridgehead atoms. The molecule has 0 unspecified atom stereocenters. The maximum atomic E-state index is 14.6. The largest absolute Gasteiger partial charge is 0.619 e. The molecule has 0 saturated heterocycles. The molecule has 3 aromatic heterocycles. The van der Waals surface area contributed by atoms with Gasteiger partial charge in [-0.05, 0) is 42.5 Å². The van der Waals surface area contributed by atoms with Crippen LogP contribution in [0.3, 0.4) is 0 Å². The van der Waals surface area contributed by atoms with Gasteiger partial charge in [0.2, 0.25) is 11.8 Å². The third-order valence-electron chi connectivity index (χ3n) is 6.16. The summed E-state index contributed by atoms with van der Waals surface area (Å²) < 4.78 is 48.2. The molecule has 0 aliphatic heterocycles. The van der Waals surface area contributed by atoms with Crippen molar-refractivity contribution in [2.24, 2.45) is 11.8 Å². The van der Waals surface area contributed by atoms with E-state index in [0.29, 0.717) is 16.0 Å². The highest BCUT2D eigenvalue weighted by atomic mass is 19.3. The Kier molecular flexibility index (Phi) is 6.67. The van der Waals surface area contributed by atoms with E-state index in [0.717, 1.165) is 6.20 Å². The van der Waals surface area contributed by atoms with E-state index in [2.05, 4.69) is 15.3 Å². The molecule has 1 saturated carbocycles. The number of hydrogen-bond donors (Lipinski definition) is 1. The first-order valence-electron chi connectivity index (χ1n) is 10.8. The summed E-state index contributed by atoms with van der Waals surface area (Å²) in [7, 11) is 0. The fourth-order valence-corrected chi connectivity index (χ4v) is 4.15. The van der Waals surface area contributed by atoms with Gasteiger partial charge in [-0.15, -0.1) is 0 Å². The Hall–Kier alpha value is -3.69. The number of pyridine rings is 3. The van der Waals surface area contributed by atoms with Crippen molar-refractivity contribution in [2.45, 2.75) is 38.0 Å². The summed E-state index contributed by atoms with van der Waals surface area (Å²) in [5.41, 5.74) is 0.391. The Morgan fingerprint density at radius 2 is 1.94 bits per heavy atom. The van der Waals surface area contributed by atoms with Crippen LogP contribution in [0.4, 0.5) is 19.0 Å². The Morgan fingerprint density at radius 1 is 1.18 bits per heavy atom. The monoisotopic (exact) mass is 472 g/mol. The third kappa shape index (κ3) is 5.44. The van der Waals surface area contributed by atoms with E-state index in [9.17, 15) is 23.2 Å². The molecule has 7 nitrogen and oxygen atoms in total. The zero-order valence-corrected chi connectivity index (χ0v) is 18.3. The van der Waals surface area contributed by atoms with Crippen LogP contribution < -0.4 is 14.8 Å². The highest BCUT2D eigenvalue weighted by Crippen LogP contribution is 2.48. The SMILES string of the molecule is C[C@@H](C(=O)Nc1ccc(Oc2ccc(F)cn2)cn1)[C@H]1CCC(F)(F)[C@@H](c2cc[n+]([O-])cc2)C1. The van der Waals surface area contributed by atoms with Gasteiger partial charge in [-0.1, -0.05) is 6.92 Å². The number of anilines is 1. The second kappa shape index (κ2) is 9.66. The fraction of sp³-hybridized carbons (Fsp3) is 0.333. The standard InChI is InChI=1S/C24H23F3N4O3/c1-15(17-6-9-24(26,27)20(12-17)16-7-10-31(33)11-8-16)23(32)30-21-4-3-19(14-28-21)34-22-5-2-18(25)13-29-22/h2-5,7-8,10-11,13-15,17,20H,6,9,12H2,1H3,(H,28,30,32)/t15-,17+,20-/m1/s1. The number of nitrogens with one attached hydrogen (secondary N) is 1. The Labute approximate surface area is 194 Å². The molecule has 0 radical (unpaired) electrons.